The topological polar surface area (TPSA) is 89.4 Å². The van der Waals surface area contributed by atoms with E-state index in [1.54, 1.807) is 0 Å². The molecule has 0 aliphatic rings. The Kier molecular flexibility index (Phi) is 7.91. The molecule has 2 aromatic carbocycles. The number of hydrogen-bond acceptors (Lipinski definition) is 6. The van der Waals surface area contributed by atoms with Gasteiger partial charge in [0.15, 0.2) is 5.78 Å². The molecule has 6 aromatic rings. The minimum Gasteiger partial charge on any atom is -0.512 e. The Bertz CT molecular complexity index is 1800. The molecule has 7 heteroatoms. The summed E-state index contributed by atoms with van der Waals surface area (Å²) in [5.74, 6) is 0.786. The van der Waals surface area contributed by atoms with Crippen molar-refractivity contribution in [3.05, 3.63) is 95.9 Å². The van der Waals surface area contributed by atoms with Crippen molar-refractivity contribution in [2.45, 2.75) is 27.7 Å². The van der Waals surface area contributed by atoms with Crippen LogP contribution in [0.1, 0.15) is 25.1 Å². The molecule has 0 fully saturated rings. The molecule has 0 spiro atoms. The van der Waals surface area contributed by atoms with Crippen LogP contribution in [0.5, 0.6) is 0 Å². The Balaban J connectivity index is 0.000000375. The fourth-order valence-electron chi connectivity index (χ4n) is 4.30. The molecule has 0 aliphatic carbocycles. The van der Waals surface area contributed by atoms with Gasteiger partial charge in [-0.3, -0.25) is 9.78 Å². The fraction of sp³-hybridized carbons (Fsp3) is 0.129. The van der Waals surface area contributed by atoms with Crippen LogP contribution < -0.4 is 0 Å². The zero-order valence-electron chi connectivity index (χ0n) is 21.3. The number of ketones is 1. The first-order valence-electron chi connectivity index (χ1n) is 11.9. The van der Waals surface area contributed by atoms with E-state index in [2.05, 4.69) is 24.0 Å². The number of nitrogens with zero attached hydrogens (tertiary/aromatic N) is 2. The molecule has 0 saturated carbocycles. The molecule has 1 N–H and O–H groups in total. The summed E-state index contributed by atoms with van der Waals surface area (Å²) in [4.78, 5) is 19.4. The van der Waals surface area contributed by atoms with Gasteiger partial charge in [-0.2, -0.15) is 0 Å². The molecule has 1 radical (unpaired) electrons. The summed E-state index contributed by atoms with van der Waals surface area (Å²) in [6.45, 7) is 6.87. The van der Waals surface area contributed by atoms with E-state index in [1.165, 1.54) is 19.9 Å². The van der Waals surface area contributed by atoms with Crippen molar-refractivity contribution in [3.63, 3.8) is 0 Å². The Morgan fingerprint density at radius 1 is 0.868 bits per heavy atom. The second-order valence-electron chi connectivity index (χ2n) is 8.87. The van der Waals surface area contributed by atoms with Gasteiger partial charge in [-0.1, -0.05) is 53.4 Å². The van der Waals surface area contributed by atoms with Crippen molar-refractivity contribution >= 4 is 39.0 Å². The summed E-state index contributed by atoms with van der Waals surface area (Å²) < 4.78 is 12.3. The van der Waals surface area contributed by atoms with Gasteiger partial charge in [0.05, 0.1) is 11.3 Å². The first-order chi connectivity index (χ1) is 17.8. The van der Waals surface area contributed by atoms with Gasteiger partial charge in [-0.05, 0) is 45.5 Å². The molecule has 4 aromatic heterocycles. The molecular weight excluding hydrogens is 657 g/mol. The fourth-order valence-corrected chi connectivity index (χ4v) is 4.30. The average Bonchev–Trinajstić information content (AvgIpc) is 3.40. The maximum atomic E-state index is 10.0. The number of pyridine rings is 2. The number of allylic oxidation sites excluding steroid dienone is 2. The van der Waals surface area contributed by atoms with Gasteiger partial charge < -0.3 is 13.9 Å². The third-order valence-electron chi connectivity index (χ3n) is 5.95. The summed E-state index contributed by atoms with van der Waals surface area (Å²) >= 11 is 0. The molecule has 6 nitrogen and oxygen atoms in total. The van der Waals surface area contributed by atoms with Gasteiger partial charge in [0.2, 0.25) is 11.4 Å². The molecule has 0 bridgehead atoms. The molecule has 0 aliphatic heterocycles. The zero-order chi connectivity index (χ0) is 26.1. The quantitative estimate of drug-likeness (QED) is 0.116. The van der Waals surface area contributed by atoms with Crippen LogP contribution in [0.4, 0.5) is 0 Å². The molecule has 6 rings (SSSR count). The van der Waals surface area contributed by atoms with Crippen LogP contribution in [0.3, 0.4) is 0 Å². The van der Waals surface area contributed by atoms with Crippen LogP contribution in [-0.2, 0) is 24.9 Å². The third-order valence-corrected chi connectivity index (χ3v) is 5.95. The number of aryl methyl sites for hydroxylation is 2. The van der Waals surface area contributed by atoms with Crippen molar-refractivity contribution in [1.82, 2.24) is 9.97 Å². The predicted octanol–water partition coefficient (Wildman–Crippen LogP) is 7.91. The third kappa shape index (κ3) is 5.30. The smallest absolute Gasteiger partial charge is 0.218 e. The summed E-state index contributed by atoms with van der Waals surface area (Å²) in [7, 11) is 0. The number of hydrogen-bond donors (Lipinski definition) is 1. The van der Waals surface area contributed by atoms with Gasteiger partial charge >= 0.3 is 0 Å². The van der Waals surface area contributed by atoms with Gasteiger partial charge in [0.25, 0.3) is 0 Å². The largest absolute Gasteiger partial charge is 0.512 e. The first-order valence-corrected chi connectivity index (χ1v) is 11.9. The first kappa shape index (κ1) is 27.0. The summed E-state index contributed by atoms with van der Waals surface area (Å²) in [6.07, 6.45) is 1.17. The van der Waals surface area contributed by atoms with E-state index in [-0.39, 0.29) is 31.6 Å². The van der Waals surface area contributed by atoms with E-state index in [1.807, 2.05) is 67.6 Å². The van der Waals surface area contributed by atoms with E-state index >= 15 is 0 Å². The van der Waals surface area contributed by atoms with E-state index in [4.69, 9.17) is 18.9 Å². The second kappa shape index (κ2) is 11.1. The minimum absolute atomic E-state index is 0. The Labute approximate surface area is 233 Å². The van der Waals surface area contributed by atoms with Crippen LogP contribution in [0.25, 0.3) is 55.7 Å². The van der Waals surface area contributed by atoms with Gasteiger partial charge in [0, 0.05) is 53.8 Å². The van der Waals surface area contributed by atoms with Crippen molar-refractivity contribution in [3.8, 4) is 22.6 Å². The van der Waals surface area contributed by atoms with Gasteiger partial charge in [-0.25, -0.2) is 4.98 Å². The standard InChI is InChI=1S/C26H17N2O2.C5H8O2.Ir/c1-15-11-12-20-19-9-6-10-21(24(19)30-26(20)27-15)22-14-13-18-16(2)23(29-25(18)28-22)17-7-4-3-5-8-17;1-4(6)3-5(2)7;/h3-9,11-14H,1-2H3;3,6H,1-2H3;/q-1;;/b;4-3-;. The molecule has 38 heavy (non-hydrogen) atoms. The SMILES string of the molecule is CC(=O)/C=C(/C)O.Cc1ccc2c(n1)oc1c(-c3ccc4c(C)c(-c5ccccc5)oc4n3)[c-]ccc12.[Ir]. The van der Waals surface area contributed by atoms with Crippen molar-refractivity contribution in [2.75, 3.05) is 0 Å². The van der Waals surface area contributed by atoms with Gasteiger partial charge in [-0.15, -0.1) is 18.2 Å². The average molecular weight is 682 g/mol. The van der Waals surface area contributed by atoms with E-state index in [0.717, 1.165) is 55.6 Å². The number of benzene rings is 2. The van der Waals surface area contributed by atoms with Crippen molar-refractivity contribution < 1.29 is 38.8 Å². The Morgan fingerprint density at radius 2 is 1.58 bits per heavy atom. The number of rotatable bonds is 3. The molecule has 4 heterocycles. The van der Waals surface area contributed by atoms with Crippen LogP contribution in [0, 0.1) is 19.9 Å². The van der Waals surface area contributed by atoms with Crippen LogP contribution >= 0.6 is 0 Å². The molecule has 0 unspecified atom stereocenters. The monoisotopic (exact) mass is 682 g/mol. The second-order valence-corrected chi connectivity index (χ2v) is 8.87. The van der Waals surface area contributed by atoms with E-state index in [0.29, 0.717) is 11.4 Å². The summed E-state index contributed by atoms with van der Waals surface area (Å²) in [5, 5.41) is 11.4. The number of aliphatic hydroxyl groups excluding tert-OH is 1. The maximum absolute atomic E-state index is 10.0. The van der Waals surface area contributed by atoms with Crippen LogP contribution in [0.2, 0.25) is 0 Å². The number of carbonyl (C=O) groups is 1. The normalized spacial score (nSPS) is 11.3. The number of aliphatic hydroxyl groups is 1. The van der Waals surface area contributed by atoms with Crippen molar-refractivity contribution in [1.29, 1.82) is 0 Å². The van der Waals surface area contributed by atoms with Crippen molar-refractivity contribution in [2.24, 2.45) is 0 Å². The minimum atomic E-state index is -0.125. The predicted molar refractivity (Wildman–Crippen MR) is 145 cm³/mol. The van der Waals surface area contributed by atoms with E-state index in [9.17, 15) is 4.79 Å². The Hall–Kier alpha value is -4.06. The Morgan fingerprint density at radius 3 is 2.26 bits per heavy atom. The number of carbonyl (C=O) groups excluding carboxylic acids is 1. The number of furan rings is 2. The summed E-state index contributed by atoms with van der Waals surface area (Å²) in [6, 6.07) is 25.4. The molecule has 193 valence electrons. The summed E-state index contributed by atoms with van der Waals surface area (Å²) in [5.41, 5.74) is 6.60. The molecule has 0 amide bonds. The number of fused-ring (bicyclic) bond motifs is 4. The number of aromatic nitrogens is 2. The maximum Gasteiger partial charge on any atom is 0.218 e. The van der Waals surface area contributed by atoms with Gasteiger partial charge in [0.1, 0.15) is 5.76 Å². The van der Waals surface area contributed by atoms with E-state index < -0.39 is 0 Å². The molecule has 0 saturated heterocycles. The van der Waals surface area contributed by atoms with Crippen LogP contribution in [0.15, 0.2) is 87.4 Å². The molecule has 0 atom stereocenters. The van der Waals surface area contributed by atoms with Crippen LogP contribution in [-0.4, -0.2) is 20.9 Å². The zero-order valence-corrected chi connectivity index (χ0v) is 23.7. The molecular formula is C31H25IrN2O4-.